The van der Waals surface area contributed by atoms with E-state index in [-0.39, 0.29) is 17.6 Å². The smallest absolute Gasteiger partial charge is 0.235 e. The zero-order valence-electron chi connectivity index (χ0n) is 15.5. The predicted molar refractivity (Wildman–Crippen MR) is 102 cm³/mol. The number of carbonyl (C=O) groups excluding carboxylic acids is 2. The van der Waals surface area contributed by atoms with Gasteiger partial charge in [0.15, 0.2) is 0 Å². The fourth-order valence-electron chi connectivity index (χ4n) is 3.74. The molecule has 2 N–H and O–H groups in total. The second kappa shape index (κ2) is 7.78. The van der Waals surface area contributed by atoms with Crippen molar-refractivity contribution in [2.45, 2.75) is 38.0 Å². The molecule has 2 amide bonds. The highest BCUT2D eigenvalue weighted by Crippen LogP contribution is 2.42. The van der Waals surface area contributed by atoms with E-state index in [9.17, 15) is 14.0 Å². The van der Waals surface area contributed by atoms with Crippen molar-refractivity contribution in [3.05, 3.63) is 53.8 Å². The normalized spacial score (nSPS) is 15.2. The van der Waals surface area contributed by atoms with Crippen LogP contribution < -0.4 is 15.4 Å². The van der Waals surface area contributed by atoms with Gasteiger partial charge < -0.3 is 15.4 Å². The van der Waals surface area contributed by atoms with Gasteiger partial charge in [-0.2, -0.15) is 0 Å². The van der Waals surface area contributed by atoms with Crippen molar-refractivity contribution >= 4 is 23.2 Å². The number of benzene rings is 2. The highest BCUT2D eigenvalue weighted by molar-refractivity contribution is 6.00. The Kier molecular flexibility index (Phi) is 5.44. The fraction of sp³-hybridized carbons (Fsp3) is 0.333. The Balaban J connectivity index is 1.90. The Morgan fingerprint density at radius 2 is 1.81 bits per heavy atom. The summed E-state index contributed by atoms with van der Waals surface area (Å²) in [5.74, 6) is -0.235. The van der Waals surface area contributed by atoms with Crippen molar-refractivity contribution in [3.8, 4) is 5.75 Å². The molecule has 0 radical (unpaired) electrons. The van der Waals surface area contributed by atoms with E-state index in [1.54, 1.807) is 24.3 Å². The Morgan fingerprint density at radius 1 is 1.07 bits per heavy atom. The Bertz CT molecular complexity index is 860. The van der Waals surface area contributed by atoms with Crippen LogP contribution in [0.3, 0.4) is 0 Å². The molecule has 27 heavy (non-hydrogen) atoms. The number of hydrogen-bond donors (Lipinski definition) is 2. The minimum absolute atomic E-state index is 0.162. The standard InChI is InChI=1S/C21H23FN2O3/c1-14(25)23-18-13-17(8-9-19(18)27-2)24-20(26)21(10-3-4-11-21)15-6-5-7-16(22)12-15/h5-9,12-13H,3-4,10-11H2,1-2H3,(H,23,25)(H,24,26). The summed E-state index contributed by atoms with van der Waals surface area (Å²) in [6.45, 7) is 1.40. The zero-order chi connectivity index (χ0) is 19.4. The molecule has 1 aliphatic rings. The first-order chi connectivity index (χ1) is 12.9. The van der Waals surface area contributed by atoms with Crippen molar-refractivity contribution < 1.29 is 18.7 Å². The summed E-state index contributed by atoms with van der Waals surface area (Å²) < 4.78 is 19.0. The number of carbonyl (C=O) groups is 2. The highest BCUT2D eigenvalue weighted by atomic mass is 19.1. The average molecular weight is 370 g/mol. The van der Waals surface area contributed by atoms with Crippen LogP contribution in [0.5, 0.6) is 5.75 Å². The Labute approximate surface area is 157 Å². The molecule has 1 aliphatic carbocycles. The lowest BCUT2D eigenvalue weighted by atomic mass is 9.78. The van der Waals surface area contributed by atoms with Gasteiger partial charge in [0.1, 0.15) is 11.6 Å². The second-order valence-corrected chi connectivity index (χ2v) is 6.85. The number of halogens is 1. The van der Waals surface area contributed by atoms with Crippen molar-refractivity contribution in [1.82, 2.24) is 0 Å². The summed E-state index contributed by atoms with van der Waals surface area (Å²) in [6.07, 6.45) is 3.20. The summed E-state index contributed by atoms with van der Waals surface area (Å²) in [4.78, 5) is 24.6. The summed E-state index contributed by atoms with van der Waals surface area (Å²) in [5.41, 5.74) is 0.991. The number of hydrogen-bond acceptors (Lipinski definition) is 3. The minimum atomic E-state index is -0.740. The third kappa shape index (κ3) is 3.94. The van der Waals surface area contributed by atoms with Crippen molar-refractivity contribution in [3.63, 3.8) is 0 Å². The van der Waals surface area contributed by atoms with Gasteiger partial charge in [-0.25, -0.2) is 4.39 Å². The molecule has 0 spiro atoms. The van der Waals surface area contributed by atoms with Gasteiger partial charge >= 0.3 is 0 Å². The number of amides is 2. The van der Waals surface area contributed by atoms with Gasteiger partial charge in [0.25, 0.3) is 0 Å². The largest absolute Gasteiger partial charge is 0.495 e. The van der Waals surface area contributed by atoms with E-state index < -0.39 is 5.41 Å². The maximum atomic E-state index is 13.8. The lowest BCUT2D eigenvalue weighted by Crippen LogP contribution is -2.38. The molecule has 3 rings (SSSR count). The number of rotatable bonds is 5. The maximum Gasteiger partial charge on any atom is 0.235 e. The molecule has 0 bridgehead atoms. The lowest BCUT2D eigenvalue weighted by molar-refractivity contribution is -0.121. The molecule has 142 valence electrons. The van der Waals surface area contributed by atoms with Gasteiger partial charge in [0, 0.05) is 12.6 Å². The molecule has 0 heterocycles. The Morgan fingerprint density at radius 3 is 2.44 bits per heavy atom. The number of methoxy groups -OCH3 is 1. The van der Waals surface area contributed by atoms with Gasteiger partial charge in [0.2, 0.25) is 11.8 Å². The molecule has 0 aliphatic heterocycles. The van der Waals surface area contributed by atoms with E-state index in [1.165, 1.54) is 26.2 Å². The van der Waals surface area contributed by atoms with E-state index in [0.29, 0.717) is 35.5 Å². The molecule has 0 aromatic heterocycles. The van der Waals surface area contributed by atoms with Crippen LogP contribution in [0.4, 0.5) is 15.8 Å². The second-order valence-electron chi connectivity index (χ2n) is 6.85. The minimum Gasteiger partial charge on any atom is -0.495 e. The number of anilines is 2. The van der Waals surface area contributed by atoms with E-state index in [0.717, 1.165) is 12.8 Å². The van der Waals surface area contributed by atoms with E-state index in [2.05, 4.69) is 10.6 Å². The molecular weight excluding hydrogens is 347 g/mol. The first-order valence-electron chi connectivity index (χ1n) is 8.98. The maximum absolute atomic E-state index is 13.8. The predicted octanol–water partition coefficient (Wildman–Crippen LogP) is 4.24. The van der Waals surface area contributed by atoms with E-state index in [4.69, 9.17) is 4.74 Å². The molecule has 1 saturated carbocycles. The molecule has 0 unspecified atom stereocenters. The molecule has 5 nitrogen and oxygen atoms in total. The fourth-order valence-corrected chi connectivity index (χ4v) is 3.74. The third-order valence-corrected chi connectivity index (χ3v) is 5.04. The van der Waals surface area contributed by atoms with Crippen LogP contribution in [-0.2, 0) is 15.0 Å². The van der Waals surface area contributed by atoms with Gasteiger partial charge in [-0.3, -0.25) is 9.59 Å². The SMILES string of the molecule is COc1ccc(NC(=O)C2(c3cccc(F)c3)CCCC2)cc1NC(C)=O. The average Bonchev–Trinajstić information content (AvgIpc) is 3.13. The first-order valence-corrected chi connectivity index (χ1v) is 8.98. The van der Waals surface area contributed by atoms with Crippen LogP contribution in [0.25, 0.3) is 0 Å². The molecule has 1 fully saturated rings. The first kappa shape index (κ1) is 18.9. The quantitative estimate of drug-likeness (QED) is 0.827. The molecular formula is C21H23FN2O3. The van der Waals surface area contributed by atoms with E-state index >= 15 is 0 Å². The van der Waals surface area contributed by atoms with Gasteiger partial charge in [-0.15, -0.1) is 0 Å². The van der Waals surface area contributed by atoms with Gasteiger partial charge in [-0.1, -0.05) is 25.0 Å². The third-order valence-electron chi connectivity index (χ3n) is 5.04. The summed E-state index contributed by atoms with van der Waals surface area (Å²) >= 11 is 0. The number of ether oxygens (including phenoxy) is 1. The van der Waals surface area contributed by atoms with Crippen LogP contribution in [0.15, 0.2) is 42.5 Å². The highest BCUT2D eigenvalue weighted by Gasteiger charge is 2.42. The van der Waals surface area contributed by atoms with Crippen molar-refractivity contribution in [2.75, 3.05) is 17.7 Å². The van der Waals surface area contributed by atoms with Crippen LogP contribution in [-0.4, -0.2) is 18.9 Å². The topological polar surface area (TPSA) is 67.4 Å². The van der Waals surface area contributed by atoms with Gasteiger partial charge in [0.05, 0.1) is 18.2 Å². The summed E-state index contributed by atoms with van der Waals surface area (Å²) in [7, 11) is 1.51. The molecule has 0 saturated heterocycles. The molecule has 2 aromatic carbocycles. The van der Waals surface area contributed by atoms with Crippen LogP contribution in [0.1, 0.15) is 38.2 Å². The van der Waals surface area contributed by atoms with Crippen LogP contribution >= 0.6 is 0 Å². The number of nitrogens with one attached hydrogen (secondary N) is 2. The summed E-state index contributed by atoms with van der Waals surface area (Å²) in [5, 5.41) is 5.63. The zero-order valence-corrected chi connectivity index (χ0v) is 15.5. The van der Waals surface area contributed by atoms with Crippen LogP contribution in [0, 0.1) is 5.82 Å². The lowest BCUT2D eigenvalue weighted by Gasteiger charge is -2.28. The molecule has 0 atom stereocenters. The van der Waals surface area contributed by atoms with Crippen molar-refractivity contribution in [2.24, 2.45) is 0 Å². The molecule has 6 heteroatoms. The van der Waals surface area contributed by atoms with E-state index in [1.807, 2.05) is 6.07 Å². The summed E-state index contributed by atoms with van der Waals surface area (Å²) in [6, 6.07) is 11.3. The monoisotopic (exact) mass is 370 g/mol. The van der Waals surface area contributed by atoms with Gasteiger partial charge in [-0.05, 0) is 48.7 Å². The Hall–Kier alpha value is -2.89. The molecule has 2 aromatic rings. The van der Waals surface area contributed by atoms with Crippen LogP contribution in [0.2, 0.25) is 0 Å². The van der Waals surface area contributed by atoms with Crippen molar-refractivity contribution in [1.29, 1.82) is 0 Å².